The quantitative estimate of drug-likeness (QED) is 0.132. The van der Waals surface area contributed by atoms with Crippen LogP contribution >= 0.6 is 0 Å². The number of rotatable bonds is 21. The van der Waals surface area contributed by atoms with E-state index >= 15 is 0 Å². The smallest absolute Gasteiger partial charge is 0.119 e. The number of benzene rings is 2. The van der Waals surface area contributed by atoms with E-state index in [4.69, 9.17) is 9.47 Å². The number of unbranched alkanes of at least 4 members (excludes halogenated alkanes) is 9. The highest BCUT2D eigenvalue weighted by atomic mass is 16.5. The third-order valence-electron chi connectivity index (χ3n) is 10.9. The second-order valence-corrected chi connectivity index (χ2v) is 14.4. The molecule has 2 heteroatoms. The van der Waals surface area contributed by atoms with Crippen molar-refractivity contribution in [2.75, 3.05) is 13.2 Å². The van der Waals surface area contributed by atoms with Gasteiger partial charge in [0, 0.05) is 0 Å². The van der Waals surface area contributed by atoms with Gasteiger partial charge in [0.2, 0.25) is 0 Å². The van der Waals surface area contributed by atoms with Gasteiger partial charge in [-0.1, -0.05) is 115 Å². The molecule has 2 nitrogen and oxygen atoms in total. The zero-order chi connectivity index (χ0) is 30.7. The molecule has 0 amide bonds. The fraction of sp³-hybridized carbons (Fsp3) is 0.714. The van der Waals surface area contributed by atoms with Crippen molar-refractivity contribution in [3.63, 3.8) is 0 Å². The van der Waals surface area contributed by atoms with Crippen LogP contribution in [0.15, 0.2) is 48.5 Å². The van der Waals surface area contributed by atoms with Gasteiger partial charge < -0.3 is 9.47 Å². The molecular weight excluding hydrogens is 536 g/mol. The molecule has 0 bridgehead atoms. The molecule has 0 unspecified atom stereocenters. The molecule has 0 radical (unpaired) electrons. The van der Waals surface area contributed by atoms with Crippen LogP contribution in [0, 0.1) is 11.8 Å². The average molecular weight is 603 g/mol. The maximum absolute atomic E-state index is 6.05. The Hall–Kier alpha value is -1.96. The Balaban J connectivity index is 0.916. The van der Waals surface area contributed by atoms with E-state index in [-0.39, 0.29) is 0 Å². The van der Waals surface area contributed by atoms with Crippen molar-refractivity contribution in [3.8, 4) is 11.5 Å². The van der Waals surface area contributed by atoms with E-state index < -0.39 is 0 Å². The van der Waals surface area contributed by atoms with Crippen LogP contribution in [-0.2, 0) is 0 Å². The first kappa shape index (κ1) is 34.9. The Morgan fingerprint density at radius 2 is 0.750 bits per heavy atom. The minimum absolute atomic E-state index is 0.768. The lowest BCUT2D eigenvalue weighted by atomic mass is 9.77. The van der Waals surface area contributed by atoms with Gasteiger partial charge in [0.15, 0.2) is 0 Å². The lowest BCUT2D eigenvalue weighted by Crippen LogP contribution is -2.13. The summed E-state index contributed by atoms with van der Waals surface area (Å²) in [4.78, 5) is 0. The van der Waals surface area contributed by atoms with E-state index in [1.807, 2.05) is 0 Å². The summed E-state index contributed by atoms with van der Waals surface area (Å²) in [6.07, 6.45) is 29.8. The lowest BCUT2D eigenvalue weighted by Gasteiger charge is -2.28. The summed E-state index contributed by atoms with van der Waals surface area (Å²) in [7, 11) is 0. The van der Waals surface area contributed by atoms with Crippen LogP contribution in [0.3, 0.4) is 0 Å². The Labute approximate surface area is 272 Å². The SMILES string of the molecule is CCCC1CCC(c2ccc(OCCCCCCCCCCCCOc3ccc(C4CCC(CCC)CC4)cc3)cc2)CC1. The Kier molecular flexibility index (Phi) is 16.6. The van der Waals surface area contributed by atoms with Gasteiger partial charge in [-0.3, -0.25) is 0 Å². The molecule has 2 aliphatic carbocycles. The van der Waals surface area contributed by atoms with Crippen molar-refractivity contribution < 1.29 is 9.47 Å². The van der Waals surface area contributed by atoms with Crippen molar-refractivity contribution >= 4 is 0 Å². The third-order valence-corrected chi connectivity index (χ3v) is 10.9. The number of hydrogen-bond acceptors (Lipinski definition) is 2. The van der Waals surface area contributed by atoms with E-state index in [9.17, 15) is 0 Å². The normalized spacial score (nSPS) is 22.1. The molecule has 0 atom stereocenters. The maximum Gasteiger partial charge on any atom is 0.119 e. The third kappa shape index (κ3) is 12.8. The Bertz CT molecular complexity index is 882. The highest BCUT2D eigenvalue weighted by molar-refractivity contribution is 5.30. The van der Waals surface area contributed by atoms with Gasteiger partial charge in [-0.2, -0.15) is 0 Å². The molecule has 2 aromatic carbocycles. The van der Waals surface area contributed by atoms with Crippen LogP contribution < -0.4 is 9.47 Å². The van der Waals surface area contributed by atoms with Gasteiger partial charge in [-0.05, 0) is 123 Å². The zero-order valence-corrected chi connectivity index (χ0v) is 28.7. The Morgan fingerprint density at radius 3 is 1.07 bits per heavy atom. The van der Waals surface area contributed by atoms with Crippen LogP contribution in [-0.4, -0.2) is 13.2 Å². The first-order valence-corrected chi connectivity index (χ1v) is 19.2. The topological polar surface area (TPSA) is 18.5 Å². The molecule has 0 saturated heterocycles. The highest BCUT2D eigenvalue weighted by Gasteiger charge is 2.22. The summed E-state index contributed by atoms with van der Waals surface area (Å²) in [5.74, 6) is 5.59. The molecule has 0 N–H and O–H groups in total. The molecular formula is C42H66O2. The van der Waals surface area contributed by atoms with Gasteiger partial charge in [0.1, 0.15) is 11.5 Å². The van der Waals surface area contributed by atoms with Crippen LogP contribution in [0.2, 0.25) is 0 Å². The second-order valence-electron chi connectivity index (χ2n) is 14.4. The molecule has 44 heavy (non-hydrogen) atoms. The summed E-state index contributed by atoms with van der Waals surface area (Å²) >= 11 is 0. The Morgan fingerprint density at radius 1 is 0.432 bits per heavy atom. The van der Waals surface area contributed by atoms with Crippen LogP contribution in [0.1, 0.15) is 178 Å². The van der Waals surface area contributed by atoms with Crippen molar-refractivity contribution in [1.82, 2.24) is 0 Å². The molecule has 2 aliphatic rings. The molecule has 4 rings (SSSR count). The molecule has 246 valence electrons. The van der Waals surface area contributed by atoms with Crippen molar-refractivity contribution in [1.29, 1.82) is 0 Å². The van der Waals surface area contributed by atoms with E-state index in [2.05, 4.69) is 62.4 Å². The summed E-state index contributed by atoms with van der Waals surface area (Å²) in [5.41, 5.74) is 3.05. The van der Waals surface area contributed by atoms with E-state index in [0.717, 1.165) is 48.4 Å². The molecule has 0 heterocycles. The van der Waals surface area contributed by atoms with Crippen LogP contribution in [0.4, 0.5) is 0 Å². The van der Waals surface area contributed by atoms with Gasteiger partial charge in [0.05, 0.1) is 13.2 Å². The fourth-order valence-electron chi connectivity index (χ4n) is 8.06. The first-order valence-electron chi connectivity index (χ1n) is 19.2. The molecule has 2 saturated carbocycles. The van der Waals surface area contributed by atoms with E-state index in [1.165, 1.54) is 152 Å². The fourth-order valence-corrected chi connectivity index (χ4v) is 8.06. The lowest BCUT2D eigenvalue weighted by molar-refractivity contribution is 0.300. The summed E-state index contributed by atoms with van der Waals surface area (Å²) in [6.45, 7) is 6.36. The summed E-state index contributed by atoms with van der Waals surface area (Å²) in [6, 6.07) is 18.1. The monoisotopic (exact) mass is 603 g/mol. The van der Waals surface area contributed by atoms with E-state index in [0.29, 0.717) is 0 Å². The minimum Gasteiger partial charge on any atom is -0.494 e. The van der Waals surface area contributed by atoms with E-state index in [1.54, 1.807) is 0 Å². The first-order chi connectivity index (χ1) is 21.7. The molecule has 2 fully saturated rings. The highest BCUT2D eigenvalue weighted by Crippen LogP contribution is 2.39. The van der Waals surface area contributed by atoms with Crippen LogP contribution in [0.5, 0.6) is 11.5 Å². The predicted molar refractivity (Wildman–Crippen MR) is 189 cm³/mol. The molecule has 0 aliphatic heterocycles. The van der Waals surface area contributed by atoms with Gasteiger partial charge in [0.25, 0.3) is 0 Å². The zero-order valence-electron chi connectivity index (χ0n) is 28.7. The summed E-state index contributed by atoms with van der Waals surface area (Å²) in [5, 5.41) is 0. The van der Waals surface area contributed by atoms with Gasteiger partial charge in [-0.25, -0.2) is 0 Å². The average Bonchev–Trinajstić information content (AvgIpc) is 3.06. The standard InChI is InChI=1S/C42H66O2/c1-3-15-35-17-21-37(22-18-35)39-25-29-41(30-26-39)43-33-13-11-9-7-5-6-8-10-12-14-34-44-42-31-27-40(28-32-42)38-23-19-36(16-4-2)20-24-38/h25-32,35-38H,3-24,33-34H2,1-2H3. The number of ether oxygens (including phenoxy) is 2. The summed E-state index contributed by atoms with van der Waals surface area (Å²) < 4.78 is 12.1. The largest absolute Gasteiger partial charge is 0.494 e. The molecule has 2 aromatic rings. The number of hydrogen-bond donors (Lipinski definition) is 0. The van der Waals surface area contributed by atoms with Gasteiger partial charge in [-0.15, -0.1) is 0 Å². The molecule has 0 aromatic heterocycles. The van der Waals surface area contributed by atoms with Crippen molar-refractivity contribution in [3.05, 3.63) is 59.7 Å². The van der Waals surface area contributed by atoms with Crippen molar-refractivity contribution in [2.24, 2.45) is 11.8 Å². The second kappa shape index (κ2) is 21.0. The van der Waals surface area contributed by atoms with Crippen molar-refractivity contribution in [2.45, 2.75) is 167 Å². The maximum atomic E-state index is 6.05. The van der Waals surface area contributed by atoms with Gasteiger partial charge >= 0.3 is 0 Å². The molecule has 0 spiro atoms. The van der Waals surface area contributed by atoms with Crippen LogP contribution in [0.25, 0.3) is 0 Å². The predicted octanol–water partition coefficient (Wildman–Crippen LogP) is 13.2. The minimum atomic E-state index is 0.768.